The highest BCUT2D eigenvalue weighted by Crippen LogP contribution is 2.32. The van der Waals surface area contributed by atoms with Gasteiger partial charge in [0.15, 0.2) is 0 Å². The molecule has 0 saturated carbocycles. The summed E-state index contributed by atoms with van der Waals surface area (Å²) in [6.07, 6.45) is 0. The third kappa shape index (κ3) is 2.48. The molecule has 0 bridgehead atoms. The van der Waals surface area contributed by atoms with Crippen LogP contribution in [0.3, 0.4) is 0 Å². The first-order valence-corrected chi connectivity index (χ1v) is 8.32. The summed E-state index contributed by atoms with van der Waals surface area (Å²) >= 11 is 0. The predicted octanol–water partition coefficient (Wildman–Crippen LogP) is 6.33. The lowest BCUT2D eigenvalue weighted by Crippen LogP contribution is -1.90. The summed E-state index contributed by atoms with van der Waals surface area (Å²) in [6.45, 7) is 0. The molecule has 2 heteroatoms. The SMILES string of the molecule is c1ccc2cc3c(Oc4ccc5ccccc5n4)cccc3cc2c1. The lowest BCUT2D eigenvalue weighted by molar-refractivity contribution is 0.470. The molecule has 0 fully saturated rings. The van der Waals surface area contributed by atoms with Gasteiger partial charge in [0.1, 0.15) is 5.75 Å². The maximum atomic E-state index is 6.14. The van der Waals surface area contributed by atoms with Crippen LogP contribution in [0.5, 0.6) is 11.6 Å². The van der Waals surface area contributed by atoms with Crippen LogP contribution in [0.25, 0.3) is 32.4 Å². The molecule has 0 N–H and O–H groups in total. The summed E-state index contributed by atoms with van der Waals surface area (Å²) in [5.74, 6) is 1.44. The van der Waals surface area contributed by atoms with Crippen molar-refractivity contribution in [2.24, 2.45) is 0 Å². The van der Waals surface area contributed by atoms with Crippen molar-refractivity contribution in [1.82, 2.24) is 4.98 Å². The van der Waals surface area contributed by atoms with E-state index < -0.39 is 0 Å². The van der Waals surface area contributed by atoms with Crippen LogP contribution in [0, 0.1) is 0 Å². The van der Waals surface area contributed by atoms with E-state index in [0.717, 1.165) is 27.4 Å². The Labute approximate surface area is 145 Å². The van der Waals surface area contributed by atoms with Crippen LogP contribution in [0.15, 0.2) is 91.0 Å². The average molecular weight is 321 g/mol. The average Bonchev–Trinajstić information content (AvgIpc) is 2.67. The Bertz CT molecular complexity index is 1230. The molecular formula is C23H15NO. The fourth-order valence-electron chi connectivity index (χ4n) is 3.24. The van der Waals surface area contributed by atoms with Crippen molar-refractivity contribution >= 4 is 32.4 Å². The van der Waals surface area contributed by atoms with Gasteiger partial charge in [0.2, 0.25) is 5.88 Å². The predicted molar refractivity (Wildman–Crippen MR) is 103 cm³/mol. The molecule has 1 aromatic heterocycles. The first-order chi connectivity index (χ1) is 12.4. The second-order valence-corrected chi connectivity index (χ2v) is 6.12. The van der Waals surface area contributed by atoms with E-state index in [2.05, 4.69) is 53.5 Å². The number of nitrogens with zero attached hydrogens (tertiary/aromatic N) is 1. The molecular weight excluding hydrogens is 306 g/mol. The van der Waals surface area contributed by atoms with Gasteiger partial charge < -0.3 is 4.74 Å². The second kappa shape index (κ2) is 5.60. The number of benzene rings is 4. The van der Waals surface area contributed by atoms with Gasteiger partial charge in [0, 0.05) is 16.8 Å². The smallest absolute Gasteiger partial charge is 0.219 e. The van der Waals surface area contributed by atoms with Crippen molar-refractivity contribution in [3.63, 3.8) is 0 Å². The molecule has 0 saturated heterocycles. The van der Waals surface area contributed by atoms with Gasteiger partial charge in [-0.15, -0.1) is 0 Å². The van der Waals surface area contributed by atoms with Crippen LogP contribution in [0.4, 0.5) is 0 Å². The van der Waals surface area contributed by atoms with E-state index in [0.29, 0.717) is 5.88 Å². The molecule has 1 heterocycles. The molecule has 5 rings (SSSR count). The summed E-state index contributed by atoms with van der Waals surface area (Å²) in [6, 6.07) is 30.9. The van der Waals surface area contributed by atoms with Gasteiger partial charge in [0.05, 0.1) is 5.52 Å². The van der Waals surface area contributed by atoms with E-state index in [-0.39, 0.29) is 0 Å². The summed E-state index contributed by atoms with van der Waals surface area (Å²) in [5, 5.41) is 5.81. The zero-order valence-electron chi connectivity index (χ0n) is 13.5. The number of rotatable bonds is 2. The number of hydrogen-bond donors (Lipinski definition) is 0. The molecule has 0 amide bonds. The fourth-order valence-corrected chi connectivity index (χ4v) is 3.24. The molecule has 0 aliphatic heterocycles. The van der Waals surface area contributed by atoms with E-state index in [1.54, 1.807) is 0 Å². The van der Waals surface area contributed by atoms with Crippen LogP contribution in [0.2, 0.25) is 0 Å². The van der Waals surface area contributed by atoms with E-state index >= 15 is 0 Å². The van der Waals surface area contributed by atoms with Gasteiger partial charge >= 0.3 is 0 Å². The van der Waals surface area contributed by atoms with E-state index in [1.807, 2.05) is 42.5 Å². The van der Waals surface area contributed by atoms with Crippen LogP contribution in [0.1, 0.15) is 0 Å². The van der Waals surface area contributed by atoms with Crippen molar-refractivity contribution < 1.29 is 4.74 Å². The molecule has 0 aliphatic rings. The third-order valence-corrected chi connectivity index (χ3v) is 4.49. The standard InChI is InChI=1S/C23H15NO/c1-2-8-18-15-20-19(14-17(18)7-1)9-5-11-22(20)25-23-13-12-16-6-3-4-10-21(16)24-23/h1-15H. The highest BCUT2D eigenvalue weighted by molar-refractivity contribution is 6.00. The lowest BCUT2D eigenvalue weighted by atomic mass is 10.0. The largest absolute Gasteiger partial charge is 0.438 e. The van der Waals surface area contributed by atoms with E-state index in [4.69, 9.17) is 4.74 Å². The second-order valence-electron chi connectivity index (χ2n) is 6.12. The van der Waals surface area contributed by atoms with Gasteiger partial charge in [-0.3, -0.25) is 0 Å². The molecule has 118 valence electrons. The Hall–Kier alpha value is -3.39. The first kappa shape index (κ1) is 14.0. The van der Waals surface area contributed by atoms with E-state index in [9.17, 15) is 0 Å². The van der Waals surface area contributed by atoms with Crippen LogP contribution < -0.4 is 4.74 Å². The van der Waals surface area contributed by atoms with Crippen LogP contribution in [-0.4, -0.2) is 4.98 Å². The Morgan fingerprint density at radius 2 is 1.28 bits per heavy atom. The molecule has 0 atom stereocenters. The molecule has 0 radical (unpaired) electrons. The number of hydrogen-bond acceptors (Lipinski definition) is 2. The van der Waals surface area contributed by atoms with Gasteiger partial charge in [-0.2, -0.15) is 0 Å². The summed E-state index contributed by atoms with van der Waals surface area (Å²) < 4.78 is 6.14. The Kier molecular flexibility index (Phi) is 3.14. The van der Waals surface area contributed by atoms with E-state index in [1.165, 1.54) is 10.8 Å². The first-order valence-electron chi connectivity index (χ1n) is 8.32. The minimum Gasteiger partial charge on any atom is -0.438 e. The zero-order valence-corrected chi connectivity index (χ0v) is 13.5. The van der Waals surface area contributed by atoms with Crippen molar-refractivity contribution in [3.05, 3.63) is 91.0 Å². The molecule has 0 unspecified atom stereocenters. The quantitative estimate of drug-likeness (QED) is 0.354. The van der Waals surface area contributed by atoms with Crippen LogP contribution in [-0.2, 0) is 0 Å². The molecule has 4 aromatic carbocycles. The summed E-state index contributed by atoms with van der Waals surface area (Å²) in [5.41, 5.74) is 0.936. The van der Waals surface area contributed by atoms with Crippen molar-refractivity contribution in [1.29, 1.82) is 0 Å². The molecule has 25 heavy (non-hydrogen) atoms. The van der Waals surface area contributed by atoms with Gasteiger partial charge in [-0.25, -0.2) is 4.98 Å². The van der Waals surface area contributed by atoms with Gasteiger partial charge in [-0.1, -0.05) is 54.6 Å². The number of aromatic nitrogens is 1. The number of para-hydroxylation sites is 1. The van der Waals surface area contributed by atoms with Crippen molar-refractivity contribution in [2.45, 2.75) is 0 Å². The van der Waals surface area contributed by atoms with Crippen molar-refractivity contribution in [2.75, 3.05) is 0 Å². The maximum absolute atomic E-state index is 6.14. The summed E-state index contributed by atoms with van der Waals surface area (Å²) in [7, 11) is 0. The zero-order chi connectivity index (χ0) is 16.6. The maximum Gasteiger partial charge on any atom is 0.219 e. The molecule has 0 aliphatic carbocycles. The lowest BCUT2D eigenvalue weighted by Gasteiger charge is -2.10. The minimum atomic E-state index is 0.611. The topological polar surface area (TPSA) is 22.1 Å². The Balaban J connectivity index is 1.64. The number of ether oxygens (including phenoxy) is 1. The van der Waals surface area contributed by atoms with Crippen LogP contribution >= 0.6 is 0 Å². The Morgan fingerprint density at radius 3 is 2.16 bits per heavy atom. The molecule has 5 aromatic rings. The minimum absolute atomic E-state index is 0.611. The van der Waals surface area contributed by atoms with Gasteiger partial charge in [0.25, 0.3) is 0 Å². The highest BCUT2D eigenvalue weighted by Gasteiger charge is 2.07. The number of fused-ring (bicyclic) bond motifs is 3. The highest BCUT2D eigenvalue weighted by atomic mass is 16.5. The molecule has 2 nitrogen and oxygen atoms in total. The normalized spacial score (nSPS) is 11.2. The Morgan fingerprint density at radius 1 is 0.560 bits per heavy atom. The monoisotopic (exact) mass is 321 g/mol. The fraction of sp³-hybridized carbons (Fsp3) is 0. The van der Waals surface area contributed by atoms with Gasteiger partial charge in [-0.05, 0) is 46.5 Å². The third-order valence-electron chi connectivity index (χ3n) is 4.49. The molecule has 0 spiro atoms. The van der Waals surface area contributed by atoms with Crippen molar-refractivity contribution in [3.8, 4) is 11.6 Å². The summed E-state index contributed by atoms with van der Waals surface area (Å²) in [4.78, 5) is 4.62. The number of pyridine rings is 1.